The molecule has 12 heteroatoms. The normalized spacial score (nSPS) is 17.0. The maximum atomic E-state index is 13.7. The van der Waals surface area contributed by atoms with Crippen LogP contribution in [0.2, 0.25) is 5.02 Å². The average Bonchev–Trinajstić information content (AvgIpc) is 3.61. The second-order valence-corrected chi connectivity index (χ2v) is 10.7. The van der Waals surface area contributed by atoms with Crippen molar-refractivity contribution in [1.29, 1.82) is 5.26 Å². The third-order valence-corrected chi connectivity index (χ3v) is 7.77. The number of anilines is 1. The summed E-state index contributed by atoms with van der Waals surface area (Å²) in [7, 11) is 1.82. The molecule has 6 rings (SSSR count). The number of hydrogen-bond donors (Lipinski definition) is 1. The fourth-order valence-electron chi connectivity index (χ4n) is 5.33. The van der Waals surface area contributed by atoms with Gasteiger partial charge in [0.2, 0.25) is 5.91 Å². The summed E-state index contributed by atoms with van der Waals surface area (Å²) in [5, 5.41) is 17.1. The van der Waals surface area contributed by atoms with E-state index in [0.717, 1.165) is 11.3 Å². The first-order valence-corrected chi connectivity index (χ1v) is 13.8. The number of benzene rings is 1. The van der Waals surface area contributed by atoms with Crippen molar-refractivity contribution in [1.82, 2.24) is 33.9 Å². The Hall–Kier alpha value is -5.08. The molecule has 210 valence electrons. The van der Waals surface area contributed by atoms with E-state index in [4.69, 9.17) is 11.6 Å². The molecule has 0 saturated heterocycles. The van der Waals surface area contributed by atoms with E-state index in [9.17, 15) is 14.9 Å². The van der Waals surface area contributed by atoms with Gasteiger partial charge in [-0.05, 0) is 43.2 Å². The summed E-state index contributed by atoms with van der Waals surface area (Å²) < 4.78 is 5.00. The lowest BCUT2D eigenvalue weighted by Crippen LogP contribution is -2.27. The Kier molecular flexibility index (Phi) is 7.14. The largest absolute Gasteiger partial charge is 0.323 e. The standard InChI is InChI=1S/C30H26ClN9O2/c1-18-4-3-5-27(24-10-19(8-9-33-24)29-25(37-30(18)42)14-36-38(29)2)40-17-35-23(12-28(40)41)22-11-20(31)6-7-26(22)39-15-21(13-32)34-16-39/h6-12,14-18,27H,3-5H2,1-2H3,(H,37,42)/t18-,27+/m1/s1. The summed E-state index contributed by atoms with van der Waals surface area (Å²) >= 11 is 6.33. The Bertz CT molecular complexity index is 1920. The molecule has 4 aromatic heterocycles. The van der Waals surface area contributed by atoms with Crippen LogP contribution in [0.15, 0.2) is 72.4 Å². The highest BCUT2D eigenvalue weighted by Gasteiger charge is 2.24. The number of aryl methyl sites for hydroxylation is 1. The van der Waals surface area contributed by atoms with Crippen LogP contribution in [0, 0.1) is 17.2 Å². The number of carbonyl (C=O) groups excluding carboxylic acids is 1. The van der Waals surface area contributed by atoms with Crippen LogP contribution in [0.25, 0.3) is 28.2 Å². The van der Waals surface area contributed by atoms with Gasteiger partial charge in [0.15, 0.2) is 5.69 Å². The van der Waals surface area contributed by atoms with Gasteiger partial charge in [0.1, 0.15) is 12.4 Å². The Morgan fingerprint density at radius 3 is 2.71 bits per heavy atom. The Balaban J connectivity index is 1.43. The van der Waals surface area contributed by atoms with Crippen LogP contribution in [-0.4, -0.2) is 39.8 Å². The minimum absolute atomic E-state index is 0.0732. The zero-order chi connectivity index (χ0) is 29.4. The lowest BCUT2D eigenvalue weighted by atomic mass is 9.97. The number of aromatic nitrogens is 7. The fraction of sp³-hybridized carbons (Fsp3) is 0.233. The van der Waals surface area contributed by atoms with Gasteiger partial charge in [-0.1, -0.05) is 24.9 Å². The number of halogens is 1. The fourth-order valence-corrected chi connectivity index (χ4v) is 5.50. The van der Waals surface area contributed by atoms with E-state index in [1.54, 1.807) is 50.6 Å². The maximum Gasteiger partial charge on any atom is 0.254 e. The maximum absolute atomic E-state index is 13.7. The summed E-state index contributed by atoms with van der Waals surface area (Å²) in [5.74, 6) is -0.302. The van der Waals surface area contributed by atoms with Crippen LogP contribution >= 0.6 is 11.6 Å². The zero-order valence-electron chi connectivity index (χ0n) is 22.9. The van der Waals surface area contributed by atoms with E-state index in [-0.39, 0.29) is 23.1 Å². The summed E-state index contributed by atoms with van der Waals surface area (Å²) in [6, 6.07) is 12.1. The number of rotatable bonds is 3. The first-order chi connectivity index (χ1) is 20.3. The summed E-state index contributed by atoms with van der Waals surface area (Å²) in [4.78, 5) is 40.1. The van der Waals surface area contributed by atoms with Gasteiger partial charge in [-0.15, -0.1) is 0 Å². The van der Waals surface area contributed by atoms with E-state index >= 15 is 0 Å². The van der Waals surface area contributed by atoms with Gasteiger partial charge in [0.05, 0.1) is 47.0 Å². The first-order valence-electron chi connectivity index (χ1n) is 13.4. The number of nitrogens with one attached hydrogen (secondary N) is 1. The van der Waals surface area contributed by atoms with Crippen molar-refractivity contribution in [3.8, 4) is 34.3 Å². The second kappa shape index (κ2) is 11.1. The van der Waals surface area contributed by atoms with Gasteiger partial charge < -0.3 is 9.88 Å². The summed E-state index contributed by atoms with van der Waals surface area (Å²) in [6.45, 7) is 1.90. The molecule has 1 aromatic carbocycles. The molecule has 5 aromatic rings. The number of pyridine rings is 1. The van der Waals surface area contributed by atoms with Crippen molar-refractivity contribution in [2.24, 2.45) is 13.0 Å². The van der Waals surface area contributed by atoms with E-state index in [1.807, 2.05) is 32.2 Å². The molecule has 1 aliphatic rings. The van der Waals surface area contributed by atoms with E-state index in [2.05, 4.69) is 25.4 Å². The predicted molar refractivity (Wildman–Crippen MR) is 157 cm³/mol. The molecule has 1 amide bonds. The molecule has 2 atom stereocenters. The molecule has 42 heavy (non-hydrogen) atoms. The third-order valence-electron chi connectivity index (χ3n) is 7.54. The van der Waals surface area contributed by atoms with Gasteiger partial charge in [0, 0.05) is 47.6 Å². The molecule has 0 aliphatic carbocycles. The molecule has 11 nitrogen and oxygen atoms in total. The van der Waals surface area contributed by atoms with E-state index in [0.29, 0.717) is 52.6 Å². The smallest absolute Gasteiger partial charge is 0.254 e. The van der Waals surface area contributed by atoms with Crippen LogP contribution < -0.4 is 10.9 Å². The zero-order valence-corrected chi connectivity index (χ0v) is 23.7. The van der Waals surface area contributed by atoms with E-state index < -0.39 is 6.04 Å². The number of imidazole rings is 1. The lowest BCUT2D eigenvalue weighted by molar-refractivity contribution is -0.119. The van der Waals surface area contributed by atoms with Crippen molar-refractivity contribution in [3.63, 3.8) is 0 Å². The van der Waals surface area contributed by atoms with Crippen molar-refractivity contribution in [3.05, 3.63) is 94.4 Å². The number of carbonyl (C=O) groups is 1. The Morgan fingerprint density at radius 2 is 1.93 bits per heavy atom. The van der Waals surface area contributed by atoms with Crippen molar-refractivity contribution < 1.29 is 4.79 Å². The summed E-state index contributed by atoms with van der Waals surface area (Å²) in [5.41, 5.74) is 4.66. The van der Waals surface area contributed by atoms with Crippen LogP contribution in [0.4, 0.5) is 5.69 Å². The van der Waals surface area contributed by atoms with Gasteiger partial charge in [-0.25, -0.2) is 9.97 Å². The van der Waals surface area contributed by atoms with Gasteiger partial charge in [-0.3, -0.25) is 23.8 Å². The number of amides is 1. The molecule has 2 bridgehead atoms. The van der Waals surface area contributed by atoms with Crippen LogP contribution in [0.5, 0.6) is 0 Å². The van der Waals surface area contributed by atoms with Gasteiger partial charge in [0.25, 0.3) is 5.56 Å². The lowest BCUT2D eigenvalue weighted by Gasteiger charge is -2.22. The average molecular weight is 580 g/mol. The predicted octanol–water partition coefficient (Wildman–Crippen LogP) is 4.76. The molecule has 1 N–H and O–H groups in total. The topological polar surface area (TPSA) is 136 Å². The van der Waals surface area contributed by atoms with Crippen LogP contribution in [0.3, 0.4) is 0 Å². The molecule has 0 fully saturated rings. The first kappa shape index (κ1) is 27.1. The molecule has 5 heterocycles. The Labute approximate surface area is 246 Å². The number of nitriles is 1. The molecule has 0 saturated carbocycles. The quantitative estimate of drug-likeness (QED) is 0.325. The van der Waals surface area contributed by atoms with Crippen LogP contribution in [-0.2, 0) is 11.8 Å². The third kappa shape index (κ3) is 5.08. The number of hydrogen-bond acceptors (Lipinski definition) is 7. The van der Waals surface area contributed by atoms with Crippen molar-refractivity contribution >= 4 is 23.2 Å². The highest BCUT2D eigenvalue weighted by Crippen LogP contribution is 2.33. The molecule has 0 unspecified atom stereocenters. The van der Waals surface area contributed by atoms with Crippen LogP contribution in [0.1, 0.15) is 43.6 Å². The monoisotopic (exact) mass is 579 g/mol. The SMILES string of the molecule is C[C@@H]1CCC[C@H](n2cnc(-c3cc(Cl)ccc3-n3cnc(C#N)c3)cc2=O)c2cc(ccn2)-c2c(cnn2C)NC1=O. The Morgan fingerprint density at radius 1 is 1.07 bits per heavy atom. The van der Waals surface area contributed by atoms with E-state index in [1.165, 1.54) is 18.7 Å². The molecular formula is C30H26ClN9O2. The molecule has 1 aliphatic heterocycles. The summed E-state index contributed by atoms with van der Waals surface area (Å²) in [6.07, 6.45) is 9.94. The van der Waals surface area contributed by atoms with Gasteiger partial charge in [-0.2, -0.15) is 10.4 Å². The minimum atomic E-state index is -0.406. The number of nitrogens with zero attached hydrogens (tertiary/aromatic N) is 8. The highest BCUT2D eigenvalue weighted by atomic mass is 35.5. The highest BCUT2D eigenvalue weighted by molar-refractivity contribution is 6.31. The number of fused-ring (bicyclic) bond motifs is 4. The molecule has 0 radical (unpaired) electrons. The van der Waals surface area contributed by atoms with Crippen molar-refractivity contribution in [2.45, 2.75) is 32.2 Å². The molecular weight excluding hydrogens is 554 g/mol. The second-order valence-electron chi connectivity index (χ2n) is 10.3. The molecule has 0 spiro atoms. The van der Waals surface area contributed by atoms with Crippen molar-refractivity contribution in [2.75, 3.05) is 5.32 Å². The minimum Gasteiger partial charge on any atom is -0.323 e. The van der Waals surface area contributed by atoms with Gasteiger partial charge >= 0.3 is 0 Å².